The molecule has 1 heterocycles. The first kappa shape index (κ1) is 12.6. The molecule has 0 unspecified atom stereocenters. The van der Waals surface area contributed by atoms with Gasteiger partial charge in [-0.25, -0.2) is 8.42 Å². The Kier molecular flexibility index (Phi) is 3.34. The molecule has 0 aliphatic heterocycles. The van der Waals surface area contributed by atoms with Crippen molar-refractivity contribution in [1.29, 1.82) is 0 Å². The van der Waals surface area contributed by atoms with Crippen molar-refractivity contribution in [2.24, 2.45) is 0 Å². The van der Waals surface area contributed by atoms with E-state index in [1.807, 2.05) is 0 Å². The van der Waals surface area contributed by atoms with E-state index in [1.165, 1.54) is 19.2 Å². The van der Waals surface area contributed by atoms with Gasteiger partial charge in [0, 0.05) is 0 Å². The Morgan fingerprint density at radius 3 is 2.44 bits per heavy atom. The quantitative estimate of drug-likeness (QED) is 0.865. The van der Waals surface area contributed by atoms with E-state index in [2.05, 4.69) is 14.9 Å². The van der Waals surface area contributed by atoms with Gasteiger partial charge in [0.05, 0.1) is 12.0 Å². The lowest BCUT2D eigenvalue weighted by Gasteiger charge is -2.05. The summed E-state index contributed by atoms with van der Waals surface area (Å²) >= 11 is 0.958. The number of nitrogens with one attached hydrogen (secondary N) is 1. The van der Waals surface area contributed by atoms with Crippen LogP contribution in [0, 0.1) is 0 Å². The maximum absolute atomic E-state index is 12.0. The molecule has 0 spiro atoms. The molecule has 0 aliphatic carbocycles. The van der Waals surface area contributed by atoms with Crippen LogP contribution in [0.4, 0.5) is 10.3 Å². The Labute approximate surface area is 108 Å². The summed E-state index contributed by atoms with van der Waals surface area (Å²) in [5, 5.41) is 7.43. The topological polar surface area (TPSA) is 107 Å². The molecule has 2 rings (SSSR count). The fourth-order valence-corrected chi connectivity index (χ4v) is 2.94. The van der Waals surface area contributed by atoms with Gasteiger partial charge in [-0.2, -0.15) is 0 Å². The predicted molar refractivity (Wildman–Crippen MR) is 68.1 cm³/mol. The minimum absolute atomic E-state index is 0.108. The molecule has 7 nitrogen and oxygen atoms in total. The molecule has 18 heavy (non-hydrogen) atoms. The van der Waals surface area contributed by atoms with Crippen LogP contribution in [-0.2, 0) is 10.0 Å². The zero-order chi connectivity index (χ0) is 13.2. The summed E-state index contributed by atoms with van der Waals surface area (Å²) in [5.41, 5.74) is 5.37. The standard InChI is InChI=1S/C9H10N4O3S2/c1-16-6-2-4-7(5-3-6)18(14,15)13-9-12-11-8(10)17-9/h2-5H,1H3,(H2,10,11)(H,12,13). The molecule has 9 heteroatoms. The average molecular weight is 286 g/mol. The molecule has 1 aromatic heterocycles. The number of rotatable bonds is 4. The lowest BCUT2D eigenvalue weighted by molar-refractivity contribution is 0.414. The number of nitrogens with zero attached hydrogens (tertiary/aromatic N) is 2. The van der Waals surface area contributed by atoms with Crippen LogP contribution in [0.5, 0.6) is 5.75 Å². The second-order valence-electron chi connectivity index (χ2n) is 3.23. The normalized spacial score (nSPS) is 11.2. The van der Waals surface area contributed by atoms with Gasteiger partial charge in [0.1, 0.15) is 5.75 Å². The van der Waals surface area contributed by atoms with E-state index in [-0.39, 0.29) is 15.2 Å². The zero-order valence-electron chi connectivity index (χ0n) is 9.32. The van der Waals surface area contributed by atoms with Gasteiger partial charge in [0.25, 0.3) is 10.0 Å². The van der Waals surface area contributed by atoms with Crippen molar-refractivity contribution < 1.29 is 13.2 Å². The zero-order valence-corrected chi connectivity index (χ0v) is 11.0. The molecule has 0 radical (unpaired) electrons. The second-order valence-corrected chi connectivity index (χ2v) is 5.92. The number of methoxy groups -OCH3 is 1. The largest absolute Gasteiger partial charge is 0.497 e. The van der Waals surface area contributed by atoms with Crippen molar-refractivity contribution in [3.63, 3.8) is 0 Å². The SMILES string of the molecule is COc1ccc(S(=O)(=O)Nc2nnc(N)s2)cc1. The molecular weight excluding hydrogens is 276 g/mol. The number of anilines is 2. The number of sulfonamides is 1. The van der Waals surface area contributed by atoms with Gasteiger partial charge < -0.3 is 10.5 Å². The highest BCUT2D eigenvalue weighted by atomic mass is 32.2. The van der Waals surface area contributed by atoms with Crippen molar-refractivity contribution in [2.45, 2.75) is 4.90 Å². The monoisotopic (exact) mass is 286 g/mol. The molecule has 1 aromatic carbocycles. The van der Waals surface area contributed by atoms with E-state index < -0.39 is 10.0 Å². The molecule has 96 valence electrons. The Balaban J connectivity index is 2.24. The van der Waals surface area contributed by atoms with Crippen LogP contribution in [0.2, 0.25) is 0 Å². The highest BCUT2D eigenvalue weighted by Gasteiger charge is 2.16. The minimum atomic E-state index is -3.68. The number of hydrogen-bond acceptors (Lipinski definition) is 7. The Hall–Kier alpha value is -1.87. The second kappa shape index (κ2) is 4.78. The van der Waals surface area contributed by atoms with E-state index >= 15 is 0 Å². The van der Waals surface area contributed by atoms with Gasteiger partial charge >= 0.3 is 0 Å². The van der Waals surface area contributed by atoms with E-state index in [0.29, 0.717) is 5.75 Å². The summed E-state index contributed by atoms with van der Waals surface area (Å²) in [5.74, 6) is 0.578. The van der Waals surface area contributed by atoms with Crippen LogP contribution in [-0.4, -0.2) is 25.7 Å². The lowest BCUT2D eigenvalue weighted by Crippen LogP contribution is -2.12. The molecular formula is C9H10N4O3S2. The third kappa shape index (κ3) is 2.68. The number of ether oxygens (including phenoxy) is 1. The Bertz CT molecular complexity index is 636. The van der Waals surface area contributed by atoms with E-state index in [1.54, 1.807) is 12.1 Å². The average Bonchev–Trinajstić information content (AvgIpc) is 2.74. The number of aromatic nitrogens is 2. The van der Waals surface area contributed by atoms with E-state index in [4.69, 9.17) is 10.5 Å². The summed E-state index contributed by atoms with van der Waals surface area (Å²) in [7, 11) is -2.17. The number of nitrogens with two attached hydrogens (primary N) is 1. The summed E-state index contributed by atoms with van der Waals surface area (Å²) in [6.45, 7) is 0. The maximum Gasteiger partial charge on any atom is 0.263 e. The van der Waals surface area contributed by atoms with Gasteiger partial charge in [0.15, 0.2) is 0 Å². The highest BCUT2D eigenvalue weighted by Crippen LogP contribution is 2.22. The van der Waals surface area contributed by atoms with Gasteiger partial charge in [-0.15, -0.1) is 10.2 Å². The molecule has 0 atom stereocenters. The van der Waals surface area contributed by atoms with Crippen LogP contribution in [0.15, 0.2) is 29.2 Å². The van der Waals surface area contributed by atoms with Gasteiger partial charge in [-0.1, -0.05) is 11.3 Å². The fourth-order valence-electron chi connectivity index (χ4n) is 1.20. The van der Waals surface area contributed by atoms with Crippen LogP contribution in [0.3, 0.4) is 0 Å². The van der Waals surface area contributed by atoms with Crippen molar-refractivity contribution in [2.75, 3.05) is 17.6 Å². The fraction of sp³-hybridized carbons (Fsp3) is 0.111. The van der Waals surface area contributed by atoms with Gasteiger partial charge in [-0.05, 0) is 24.3 Å². The van der Waals surface area contributed by atoms with Crippen LogP contribution in [0.1, 0.15) is 0 Å². The molecule has 0 bridgehead atoms. The Morgan fingerprint density at radius 2 is 1.94 bits per heavy atom. The summed E-state index contributed by atoms with van der Waals surface area (Å²) < 4.78 is 31.2. The molecule has 2 aromatic rings. The smallest absolute Gasteiger partial charge is 0.263 e. The van der Waals surface area contributed by atoms with E-state index in [0.717, 1.165) is 11.3 Å². The highest BCUT2D eigenvalue weighted by molar-refractivity contribution is 7.93. The Morgan fingerprint density at radius 1 is 1.28 bits per heavy atom. The van der Waals surface area contributed by atoms with Crippen molar-refractivity contribution >= 4 is 31.6 Å². The summed E-state index contributed by atoms with van der Waals surface area (Å²) in [4.78, 5) is 0.108. The summed E-state index contributed by atoms with van der Waals surface area (Å²) in [6, 6.07) is 5.99. The third-order valence-corrected chi connectivity index (χ3v) is 4.18. The van der Waals surface area contributed by atoms with Crippen LogP contribution >= 0.6 is 11.3 Å². The molecule has 0 amide bonds. The summed E-state index contributed by atoms with van der Waals surface area (Å²) in [6.07, 6.45) is 0. The van der Waals surface area contributed by atoms with Crippen molar-refractivity contribution in [3.8, 4) is 5.75 Å². The maximum atomic E-state index is 12.0. The van der Waals surface area contributed by atoms with Crippen molar-refractivity contribution in [3.05, 3.63) is 24.3 Å². The molecule has 0 saturated heterocycles. The van der Waals surface area contributed by atoms with E-state index in [9.17, 15) is 8.42 Å². The first-order valence-corrected chi connectivity index (χ1v) is 7.07. The molecule has 0 aliphatic rings. The number of hydrogen-bond donors (Lipinski definition) is 2. The molecule has 0 fully saturated rings. The molecule has 3 N–H and O–H groups in total. The van der Waals surface area contributed by atoms with Gasteiger partial charge in [-0.3, -0.25) is 4.72 Å². The minimum Gasteiger partial charge on any atom is -0.497 e. The van der Waals surface area contributed by atoms with Crippen molar-refractivity contribution in [1.82, 2.24) is 10.2 Å². The van der Waals surface area contributed by atoms with Gasteiger partial charge in [0.2, 0.25) is 10.3 Å². The first-order chi connectivity index (χ1) is 8.51. The van der Waals surface area contributed by atoms with Crippen LogP contribution in [0.25, 0.3) is 0 Å². The number of nitrogen functional groups attached to an aromatic ring is 1. The molecule has 0 saturated carbocycles. The third-order valence-electron chi connectivity index (χ3n) is 2.03. The lowest BCUT2D eigenvalue weighted by atomic mass is 10.3. The first-order valence-electron chi connectivity index (χ1n) is 4.77. The van der Waals surface area contributed by atoms with Crippen LogP contribution < -0.4 is 15.2 Å². The predicted octanol–water partition coefficient (Wildman–Crippen LogP) is 0.930. The number of benzene rings is 1.